The highest BCUT2D eigenvalue weighted by Crippen LogP contribution is 2.23. The highest BCUT2D eigenvalue weighted by molar-refractivity contribution is 5.92. The maximum Gasteiger partial charge on any atom is 0.229 e. The number of hydrogen-bond donors (Lipinski definition) is 2. The molecular weight excluding hydrogens is 390 g/mol. The van der Waals surface area contributed by atoms with Crippen molar-refractivity contribution < 1.29 is 9.53 Å². The van der Waals surface area contributed by atoms with Gasteiger partial charge < -0.3 is 20.3 Å². The fraction of sp³-hybridized carbons (Fsp3) is 0.292. The van der Waals surface area contributed by atoms with E-state index in [4.69, 9.17) is 4.74 Å². The number of carbonyl (C=O) groups is 1. The number of methoxy groups -OCH3 is 1. The molecule has 0 aliphatic carbocycles. The van der Waals surface area contributed by atoms with Crippen molar-refractivity contribution in [1.29, 1.82) is 0 Å². The summed E-state index contributed by atoms with van der Waals surface area (Å²) in [5.41, 5.74) is 3.37. The van der Waals surface area contributed by atoms with E-state index in [0.717, 1.165) is 41.5 Å². The number of carbonyl (C=O) groups excluding carboxylic acids is 1. The summed E-state index contributed by atoms with van der Waals surface area (Å²) in [5.74, 6) is 2.16. The maximum absolute atomic E-state index is 12.4. The standard InChI is InChI=1S/C24H27N5O2/c1-17-15-22(29-13-5-6-14-29)28-24(25-17)27-20-11-9-19(10-12-20)26-23(30)16-18-7-3-4-8-21(18)31-2/h3-4,7-12,15H,5-6,13-14,16H2,1-2H3,(H,26,30)(H,25,27,28). The van der Waals surface area contributed by atoms with Crippen molar-refractivity contribution in [1.82, 2.24) is 9.97 Å². The molecule has 7 heteroatoms. The Kier molecular flexibility index (Phi) is 6.31. The van der Waals surface area contributed by atoms with Gasteiger partial charge in [0.2, 0.25) is 11.9 Å². The Morgan fingerprint density at radius 2 is 1.74 bits per heavy atom. The molecule has 0 saturated carbocycles. The second kappa shape index (κ2) is 9.47. The lowest BCUT2D eigenvalue weighted by atomic mass is 10.1. The number of hydrogen-bond acceptors (Lipinski definition) is 6. The number of nitrogens with zero attached hydrogens (tertiary/aromatic N) is 3. The van der Waals surface area contributed by atoms with Crippen molar-refractivity contribution in [2.24, 2.45) is 0 Å². The van der Waals surface area contributed by atoms with E-state index in [1.54, 1.807) is 7.11 Å². The lowest BCUT2D eigenvalue weighted by Gasteiger charge is -2.17. The molecule has 0 atom stereocenters. The van der Waals surface area contributed by atoms with Crippen LogP contribution in [0.25, 0.3) is 0 Å². The molecule has 4 rings (SSSR count). The number of nitrogens with one attached hydrogen (secondary N) is 2. The van der Waals surface area contributed by atoms with Crippen molar-refractivity contribution in [2.45, 2.75) is 26.2 Å². The number of benzene rings is 2. The number of anilines is 4. The Morgan fingerprint density at radius 3 is 2.48 bits per heavy atom. The van der Waals surface area contributed by atoms with Gasteiger partial charge in [-0.25, -0.2) is 4.98 Å². The van der Waals surface area contributed by atoms with Crippen molar-refractivity contribution in [3.05, 3.63) is 65.9 Å². The third-order valence-electron chi connectivity index (χ3n) is 5.24. The summed E-state index contributed by atoms with van der Waals surface area (Å²) < 4.78 is 5.31. The molecular formula is C24H27N5O2. The van der Waals surface area contributed by atoms with Gasteiger partial charge in [0, 0.05) is 41.8 Å². The Morgan fingerprint density at radius 1 is 1.03 bits per heavy atom. The Balaban J connectivity index is 1.39. The van der Waals surface area contributed by atoms with Gasteiger partial charge in [0.15, 0.2) is 0 Å². The highest BCUT2D eigenvalue weighted by Gasteiger charge is 2.15. The molecule has 3 aromatic rings. The average molecular weight is 418 g/mol. The molecule has 0 bridgehead atoms. The van der Waals surface area contributed by atoms with Crippen LogP contribution in [0, 0.1) is 6.92 Å². The first-order valence-electron chi connectivity index (χ1n) is 10.5. The minimum atomic E-state index is -0.0949. The van der Waals surface area contributed by atoms with Crippen molar-refractivity contribution in [3.8, 4) is 5.75 Å². The number of aromatic nitrogens is 2. The van der Waals surface area contributed by atoms with Crippen LogP contribution in [0.2, 0.25) is 0 Å². The molecule has 1 aromatic heterocycles. The van der Waals surface area contributed by atoms with E-state index >= 15 is 0 Å². The molecule has 160 valence electrons. The van der Waals surface area contributed by atoms with Crippen LogP contribution >= 0.6 is 0 Å². The van der Waals surface area contributed by atoms with Crippen LogP contribution in [0.3, 0.4) is 0 Å². The lowest BCUT2D eigenvalue weighted by molar-refractivity contribution is -0.115. The van der Waals surface area contributed by atoms with E-state index in [-0.39, 0.29) is 12.3 Å². The predicted molar refractivity (Wildman–Crippen MR) is 123 cm³/mol. The first-order valence-corrected chi connectivity index (χ1v) is 10.5. The van der Waals surface area contributed by atoms with Crippen LogP contribution in [0.1, 0.15) is 24.1 Å². The smallest absolute Gasteiger partial charge is 0.229 e. The first-order chi connectivity index (χ1) is 15.1. The molecule has 0 spiro atoms. The number of ether oxygens (including phenoxy) is 1. The van der Waals surface area contributed by atoms with Gasteiger partial charge in [-0.2, -0.15) is 4.98 Å². The Hall–Kier alpha value is -3.61. The summed E-state index contributed by atoms with van der Waals surface area (Å²) in [4.78, 5) is 23.9. The second-order valence-electron chi connectivity index (χ2n) is 7.62. The largest absolute Gasteiger partial charge is 0.496 e. The zero-order valence-electron chi connectivity index (χ0n) is 17.9. The number of para-hydroxylation sites is 1. The monoisotopic (exact) mass is 417 g/mol. The molecule has 31 heavy (non-hydrogen) atoms. The van der Waals surface area contributed by atoms with Gasteiger partial charge in [-0.3, -0.25) is 4.79 Å². The minimum Gasteiger partial charge on any atom is -0.496 e. The van der Waals surface area contributed by atoms with Gasteiger partial charge >= 0.3 is 0 Å². The summed E-state index contributed by atoms with van der Waals surface area (Å²) in [6, 6.07) is 17.1. The second-order valence-corrected chi connectivity index (χ2v) is 7.62. The molecule has 1 aliphatic rings. The van der Waals surface area contributed by atoms with Gasteiger partial charge in [0.1, 0.15) is 11.6 Å². The van der Waals surface area contributed by atoms with E-state index in [1.165, 1.54) is 12.8 Å². The van der Waals surface area contributed by atoms with Crippen LogP contribution in [0.15, 0.2) is 54.6 Å². The van der Waals surface area contributed by atoms with Gasteiger partial charge in [0.25, 0.3) is 0 Å². The molecule has 2 N–H and O–H groups in total. The van der Waals surface area contributed by atoms with Crippen molar-refractivity contribution in [3.63, 3.8) is 0 Å². The maximum atomic E-state index is 12.4. The lowest BCUT2D eigenvalue weighted by Crippen LogP contribution is -2.19. The molecule has 7 nitrogen and oxygen atoms in total. The van der Waals surface area contributed by atoms with Crippen molar-refractivity contribution in [2.75, 3.05) is 35.7 Å². The van der Waals surface area contributed by atoms with Gasteiger partial charge in [0.05, 0.1) is 13.5 Å². The Labute approximate surface area is 182 Å². The highest BCUT2D eigenvalue weighted by atomic mass is 16.5. The van der Waals surface area contributed by atoms with Crippen LogP contribution in [-0.4, -0.2) is 36.1 Å². The fourth-order valence-electron chi connectivity index (χ4n) is 3.71. The zero-order valence-corrected chi connectivity index (χ0v) is 17.9. The molecule has 0 radical (unpaired) electrons. The molecule has 2 aromatic carbocycles. The van der Waals surface area contributed by atoms with E-state index in [2.05, 4.69) is 25.5 Å². The zero-order chi connectivity index (χ0) is 21.6. The van der Waals surface area contributed by atoms with Crippen LogP contribution in [-0.2, 0) is 11.2 Å². The summed E-state index contributed by atoms with van der Waals surface area (Å²) in [5, 5.41) is 6.19. The minimum absolute atomic E-state index is 0.0949. The van der Waals surface area contributed by atoms with Gasteiger partial charge in [-0.1, -0.05) is 18.2 Å². The molecule has 2 heterocycles. The third-order valence-corrected chi connectivity index (χ3v) is 5.24. The van der Waals surface area contributed by atoms with E-state index in [1.807, 2.05) is 61.5 Å². The topological polar surface area (TPSA) is 79.4 Å². The molecule has 1 fully saturated rings. The first kappa shape index (κ1) is 20.7. The van der Waals surface area contributed by atoms with Gasteiger partial charge in [-0.05, 0) is 50.1 Å². The van der Waals surface area contributed by atoms with Gasteiger partial charge in [-0.15, -0.1) is 0 Å². The summed E-state index contributed by atoms with van der Waals surface area (Å²) in [6.07, 6.45) is 2.66. The SMILES string of the molecule is COc1ccccc1CC(=O)Nc1ccc(Nc2nc(C)cc(N3CCCC3)n2)cc1. The molecule has 1 saturated heterocycles. The normalized spacial score (nSPS) is 13.2. The summed E-state index contributed by atoms with van der Waals surface area (Å²) in [7, 11) is 1.61. The van der Waals surface area contributed by atoms with Crippen LogP contribution < -0.4 is 20.3 Å². The van der Waals surface area contributed by atoms with E-state index < -0.39 is 0 Å². The van der Waals surface area contributed by atoms with E-state index in [0.29, 0.717) is 11.7 Å². The summed E-state index contributed by atoms with van der Waals surface area (Å²) >= 11 is 0. The third kappa shape index (κ3) is 5.31. The number of amides is 1. The van der Waals surface area contributed by atoms with Crippen LogP contribution in [0.4, 0.5) is 23.1 Å². The average Bonchev–Trinajstić information content (AvgIpc) is 3.30. The van der Waals surface area contributed by atoms with Crippen molar-refractivity contribution >= 4 is 29.0 Å². The molecule has 1 aliphatic heterocycles. The molecule has 1 amide bonds. The number of aryl methyl sites for hydroxylation is 1. The molecule has 0 unspecified atom stereocenters. The summed E-state index contributed by atoms with van der Waals surface area (Å²) in [6.45, 7) is 4.06. The van der Waals surface area contributed by atoms with Crippen LogP contribution in [0.5, 0.6) is 5.75 Å². The quantitative estimate of drug-likeness (QED) is 0.596. The predicted octanol–water partition coefficient (Wildman–Crippen LogP) is 4.32. The number of rotatable bonds is 7. The Bertz CT molecular complexity index is 1050. The fourth-order valence-corrected chi connectivity index (χ4v) is 3.71. The van der Waals surface area contributed by atoms with E-state index in [9.17, 15) is 4.79 Å².